The van der Waals surface area contributed by atoms with E-state index in [1.54, 1.807) is 5.43 Å². The van der Waals surface area contributed by atoms with Crippen LogP contribution in [-0.4, -0.2) is 26.4 Å². The Morgan fingerprint density at radius 3 is 1.93 bits per heavy atom. The Morgan fingerprint density at radius 1 is 1.18 bits per heavy atom. The molecule has 0 radical (unpaired) electrons. The van der Waals surface area contributed by atoms with Crippen molar-refractivity contribution in [1.29, 1.82) is 5.26 Å². The van der Waals surface area contributed by atoms with Crippen LogP contribution in [0.15, 0.2) is 22.9 Å². The smallest absolute Gasteiger partial charge is 0.383 e. The van der Waals surface area contributed by atoms with Crippen LogP contribution < -0.4 is 16.2 Å². The Bertz CT molecular complexity index is 992. The van der Waals surface area contributed by atoms with Crippen molar-refractivity contribution in [2.45, 2.75) is 17.9 Å². The second kappa shape index (κ2) is 6.58. The van der Waals surface area contributed by atoms with E-state index in [0.29, 0.717) is 18.4 Å². The molecule has 0 saturated heterocycles. The number of hydrazine groups is 1. The van der Waals surface area contributed by atoms with Gasteiger partial charge in [-0.2, -0.15) is 37.0 Å². The van der Waals surface area contributed by atoms with E-state index in [9.17, 15) is 34.8 Å². The highest BCUT2D eigenvalue weighted by Crippen LogP contribution is 2.47. The molecule has 0 aliphatic carbocycles. The molecule has 1 aromatic rings. The highest BCUT2D eigenvalue weighted by molar-refractivity contribution is 7.94. The lowest BCUT2D eigenvalue weighted by Crippen LogP contribution is -2.58. The average molecular weight is 469 g/mol. The van der Waals surface area contributed by atoms with E-state index >= 15 is 0 Å². The fourth-order valence-corrected chi connectivity index (χ4v) is 4.38. The number of hydrogen-bond acceptors (Lipinski definition) is 6. The summed E-state index contributed by atoms with van der Waals surface area (Å²) in [7, 11) is -4.71. The van der Waals surface area contributed by atoms with Crippen molar-refractivity contribution in [3.8, 4) is 6.07 Å². The molecule has 154 valence electrons. The van der Waals surface area contributed by atoms with Crippen molar-refractivity contribution in [2.75, 3.05) is 11.3 Å². The first kappa shape index (κ1) is 22.4. The highest BCUT2D eigenvalue weighted by Gasteiger charge is 2.66. The molecular weight excluding hydrogens is 461 g/mol. The van der Waals surface area contributed by atoms with Crippen molar-refractivity contribution < 1.29 is 34.8 Å². The molecule has 0 aromatic heterocycles. The van der Waals surface area contributed by atoms with Gasteiger partial charge >= 0.3 is 12.4 Å². The van der Waals surface area contributed by atoms with Crippen LogP contribution in [0.25, 0.3) is 0 Å². The number of rotatable bonds is 2. The fourth-order valence-electron chi connectivity index (χ4n) is 2.49. The maximum absolute atomic E-state index is 13.6. The summed E-state index contributed by atoms with van der Waals surface area (Å²) in [5.74, 6) is -1.12. The van der Waals surface area contributed by atoms with Crippen molar-refractivity contribution >= 4 is 38.7 Å². The van der Waals surface area contributed by atoms with Crippen molar-refractivity contribution in [1.82, 2.24) is 5.43 Å². The van der Waals surface area contributed by atoms with Gasteiger partial charge in [-0.15, -0.1) is 0 Å². The zero-order valence-corrected chi connectivity index (χ0v) is 15.7. The first-order valence-electron chi connectivity index (χ1n) is 6.80. The Morgan fingerprint density at radius 2 is 1.64 bits per heavy atom. The standard InChI is InChI=1S/C13H8Cl2F6N4O2S/c1-28(26,27)9-10(23)25(24-11(9,4-22)13(19,20)21)8-6(14)2-5(3-7(8)15)12(16,17)18/h2-3,24H,23H2,1H3/t11-/m0/s1. The van der Waals surface area contributed by atoms with E-state index in [1.165, 1.54) is 0 Å². The monoisotopic (exact) mass is 468 g/mol. The van der Waals surface area contributed by atoms with Crippen LogP contribution in [0.5, 0.6) is 0 Å². The summed E-state index contributed by atoms with van der Waals surface area (Å²) in [6.45, 7) is 0. The number of sulfone groups is 1. The Balaban J connectivity index is 2.81. The average Bonchev–Trinajstić information content (AvgIpc) is 2.79. The van der Waals surface area contributed by atoms with E-state index in [-0.39, 0.29) is 5.01 Å². The Hall–Kier alpha value is -1.88. The van der Waals surface area contributed by atoms with Gasteiger partial charge in [0.15, 0.2) is 9.84 Å². The van der Waals surface area contributed by atoms with Crippen molar-refractivity contribution in [3.05, 3.63) is 38.5 Å². The maximum Gasteiger partial charge on any atom is 0.426 e. The summed E-state index contributed by atoms with van der Waals surface area (Å²) < 4.78 is 103. The van der Waals surface area contributed by atoms with Gasteiger partial charge in [0.05, 0.1) is 21.3 Å². The lowest BCUT2D eigenvalue weighted by Gasteiger charge is -2.29. The van der Waals surface area contributed by atoms with Gasteiger partial charge in [0.2, 0.25) is 0 Å². The number of nitriles is 1. The molecule has 2 rings (SSSR count). The topological polar surface area (TPSA) is 99.2 Å². The number of hydrogen-bond donors (Lipinski definition) is 2. The van der Waals surface area contributed by atoms with Crippen LogP contribution in [0, 0.1) is 11.3 Å². The number of anilines is 1. The minimum Gasteiger partial charge on any atom is -0.383 e. The molecule has 28 heavy (non-hydrogen) atoms. The minimum atomic E-state index is -5.48. The van der Waals surface area contributed by atoms with E-state index in [4.69, 9.17) is 34.2 Å². The molecular formula is C13H8Cl2F6N4O2S. The summed E-state index contributed by atoms with van der Waals surface area (Å²) in [5, 5.41) is 7.76. The fraction of sp³-hybridized carbons (Fsp3) is 0.308. The van der Waals surface area contributed by atoms with E-state index in [0.717, 1.165) is 6.07 Å². The zero-order valence-electron chi connectivity index (χ0n) is 13.4. The van der Waals surface area contributed by atoms with Gasteiger partial charge in [-0.1, -0.05) is 23.2 Å². The van der Waals surface area contributed by atoms with Crippen LogP contribution in [0.1, 0.15) is 5.56 Å². The van der Waals surface area contributed by atoms with Gasteiger partial charge < -0.3 is 5.73 Å². The predicted octanol–water partition coefficient (Wildman–Crippen LogP) is 3.33. The van der Waals surface area contributed by atoms with Crippen LogP contribution in [-0.2, 0) is 16.0 Å². The normalized spacial score (nSPS) is 21.2. The third kappa shape index (κ3) is 3.45. The number of benzene rings is 1. The number of nitrogens with one attached hydrogen (secondary N) is 1. The maximum atomic E-state index is 13.6. The number of alkyl halides is 6. The molecule has 1 aliphatic heterocycles. The predicted molar refractivity (Wildman–Crippen MR) is 87.5 cm³/mol. The molecule has 1 atom stereocenters. The number of nitrogens with zero attached hydrogens (tertiary/aromatic N) is 2. The molecule has 1 aromatic carbocycles. The molecule has 0 unspecified atom stereocenters. The summed E-state index contributed by atoms with van der Waals surface area (Å²) >= 11 is 11.5. The molecule has 1 heterocycles. The first-order valence-corrected chi connectivity index (χ1v) is 9.44. The molecule has 0 spiro atoms. The Labute approximate surface area is 164 Å². The molecule has 6 nitrogen and oxygen atoms in total. The van der Waals surface area contributed by atoms with Gasteiger partial charge in [0.25, 0.3) is 5.54 Å². The molecule has 1 aliphatic rings. The van der Waals surface area contributed by atoms with Gasteiger partial charge in [0.1, 0.15) is 16.8 Å². The minimum absolute atomic E-state index is 0.220. The summed E-state index contributed by atoms with van der Waals surface area (Å²) in [6, 6.07) is 1.54. The molecule has 0 bridgehead atoms. The second-order valence-corrected chi connectivity index (χ2v) is 8.35. The van der Waals surface area contributed by atoms with Crippen molar-refractivity contribution in [3.63, 3.8) is 0 Å². The Kier molecular flexibility index (Phi) is 5.27. The number of nitrogens with two attached hydrogens (primary N) is 1. The number of halogens is 8. The van der Waals surface area contributed by atoms with Gasteiger partial charge in [-0.3, -0.25) is 5.01 Å². The van der Waals surface area contributed by atoms with E-state index in [1.807, 2.05) is 0 Å². The SMILES string of the molecule is CS(=O)(=O)C1=C(N)N(c2c(Cl)cc(C(F)(F)F)cc2Cl)N[C@]1(C#N)C(F)(F)F. The van der Waals surface area contributed by atoms with E-state index in [2.05, 4.69) is 0 Å². The molecule has 3 N–H and O–H groups in total. The highest BCUT2D eigenvalue weighted by atomic mass is 35.5. The summed E-state index contributed by atoms with van der Waals surface area (Å²) in [5.41, 5.74) is 1.29. The van der Waals surface area contributed by atoms with E-state index < -0.39 is 59.8 Å². The summed E-state index contributed by atoms with van der Waals surface area (Å²) in [4.78, 5) is -1.54. The van der Waals surface area contributed by atoms with Gasteiger partial charge in [0, 0.05) is 6.26 Å². The third-order valence-corrected chi connectivity index (χ3v) is 5.46. The van der Waals surface area contributed by atoms with Crippen LogP contribution in [0.3, 0.4) is 0 Å². The van der Waals surface area contributed by atoms with Crippen LogP contribution >= 0.6 is 23.2 Å². The third-order valence-electron chi connectivity index (χ3n) is 3.63. The lowest BCUT2D eigenvalue weighted by atomic mass is 10.0. The largest absolute Gasteiger partial charge is 0.426 e. The molecule has 0 fully saturated rings. The zero-order chi connectivity index (χ0) is 21.9. The molecule has 0 saturated carbocycles. The lowest BCUT2D eigenvalue weighted by molar-refractivity contribution is -0.164. The first-order chi connectivity index (χ1) is 12.5. The molecule has 15 heteroatoms. The van der Waals surface area contributed by atoms with Crippen molar-refractivity contribution in [2.24, 2.45) is 5.73 Å². The molecule has 0 amide bonds. The van der Waals surface area contributed by atoms with Gasteiger partial charge in [-0.05, 0) is 12.1 Å². The quantitative estimate of drug-likeness (QED) is 0.645. The van der Waals surface area contributed by atoms with Crippen LogP contribution in [0.2, 0.25) is 10.0 Å². The van der Waals surface area contributed by atoms with Crippen LogP contribution in [0.4, 0.5) is 32.0 Å². The van der Waals surface area contributed by atoms with Gasteiger partial charge in [-0.25, -0.2) is 8.42 Å². The second-order valence-electron chi connectivity index (χ2n) is 5.58. The summed E-state index contributed by atoms with van der Waals surface area (Å²) in [6.07, 6.45) is -9.97.